The molecule has 1 atom stereocenters. The lowest BCUT2D eigenvalue weighted by Crippen LogP contribution is -2.30. The van der Waals surface area contributed by atoms with Crippen LogP contribution in [-0.2, 0) is 28.6 Å². The highest BCUT2D eigenvalue weighted by Gasteiger charge is 2.19. The fraction of sp³-hybridized carbons (Fsp3) is 0.603. The van der Waals surface area contributed by atoms with Gasteiger partial charge in [0.15, 0.2) is 6.10 Å². The molecule has 0 amide bonds. The number of hydrogen-bond acceptors (Lipinski definition) is 6. The van der Waals surface area contributed by atoms with Gasteiger partial charge in [-0.3, -0.25) is 14.4 Å². The van der Waals surface area contributed by atoms with Crippen LogP contribution in [0.3, 0.4) is 0 Å². The van der Waals surface area contributed by atoms with E-state index in [2.05, 4.69) is 142 Å². The average Bonchev–Trinajstić information content (AvgIpc) is 3.29. The van der Waals surface area contributed by atoms with E-state index in [0.29, 0.717) is 19.3 Å². The second kappa shape index (κ2) is 51.4. The number of unbranched alkanes of at least 4 members (excludes halogenated alkanes) is 13. The van der Waals surface area contributed by atoms with Gasteiger partial charge in [0.1, 0.15) is 13.2 Å². The highest BCUT2D eigenvalue weighted by Crippen LogP contribution is 2.12. The van der Waals surface area contributed by atoms with Crippen LogP contribution in [0.4, 0.5) is 0 Å². The van der Waals surface area contributed by atoms with E-state index in [0.717, 1.165) is 135 Å². The van der Waals surface area contributed by atoms with E-state index >= 15 is 0 Å². The van der Waals surface area contributed by atoms with Crippen molar-refractivity contribution in [2.24, 2.45) is 0 Å². The van der Waals surface area contributed by atoms with E-state index in [1.54, 1.807) is 0 Å². The molecule has 0 aliphatic heterocycles. The third-order valence-electron chi connectivity index (χ3n) is 10.2. The molecule has 1 unspecified atom stereocenters. The van der Waals surface area contributed by atoms with E-state index in [1.807, 2.05) is 0 Å². The minimum Gasteiger partial charge on any atom is -0.462 e. The molecule has 0 heterocycles. The monoisotopic (exact) mass is 885 g/mol. The summed E-state index contributed by atoms with van der Waals surface area (Å²) in [6, 6.07) is 0. The van der Waals surface area contributed by atoms with Crippen molar-refractivity contribution in [3.05, 3.63) is 122 Å². The molecule has 6 nitrogen and oxygen atoms in total. The lowest BCUT2D eigenvalue weighted by Gasteiger charge is -2.18. The molecule has 0 aromatic carbocycles. The lowest BCUT2D eigenvalue weighted by atomic mass is 10.1. The first-order valence-electron chi connectivity index (χ1n) is 25.5. The summed E-state index contributed by atoms with van der Waals surface area (Å²) in [5.74, 6) is -1.01. The molecule has 0 radical (unpaired) electrons. The molecule has 0 saturated heterocycles. The van der Waals surface area contributed by atoms with Crippen LogP contribution in [0, 0.1) is 0 Å². The predicted octanol–water partition coefficient (Wildman–Crippen LogP) is 16.9. The summed E-state index contributed by atoms with van der Waals surface area (Å²) in [5, 5.41) is 0. The van der Waals surface area contributed by atoms with Gasteiger partial charge in [0.05, 0.1) is 0 Å². The maximum Gasteiger partial charge on any atom is 0.306 e. The van der Waals surface area contributed by atoms with Gasteiger partial charge in [0, 0.05) is 19.3 Å². The van der Waals surface area contributed by atoms with Crippen molar-refractivity contribution >= 4 is 17.9 Å². The van der Waals surface area contributed by atoms with E-state index in [-0.39, 0.29) is 37.5 Å². The Morgan fingerprint density at radius 3 is 1.02 bits per heavy atom. The van der Waals surface area contributed by atoms with Gasteiger partial charge in [-0.1, -0.05) is 194 Å². The van der Waals surface area contributed by atoms with Gasteiger partial charge in [-0.15, -0.1) is 0 Å². The van der Waals surface area contributed by atoms with Crippen LogP contribution >= 0.6 is 0 Å². The van der Waals surface area contributed by atoms with Gasteiger partial charge >= 0.3 is 17.9 Å². The summed E-state index contributed by atoms with van der Waals surface area (Å²) >= 11 is 0. The van der Waals surface area contributed by atoms with Crippen molar-refractivity contribution in [3.63, 3.8) is 0 Å². The first-order chi connectivity index (χ1) is 31.5. The standard InChI is InChI=1S/C58H92O6/c1-4-7-10-13-16-19-22-24-26-28-29-31-32-34-36-39-42-45-48-51-57(60)63-54-55(53-62-56(59)50-47-44-41-38-21-18-15-12-9-6-3)64-58(61)52-49-46-43-40-37-35-33-30-27-25-23-20-17-14-11-8-5-2/h7-8,10-12,15-17,19-20,24-27,29,31,33,35,40,43,55H,4-6,9,13-14,18,21-23,28,30,32,34,36-39,41-42,44-54H2,1-3H3/b10-7-,11-8-,15-12-,19-16-,20-17-,26-24-,27-25-,31-29-,35-33-,43-40-. The van der Waals surface area contributed by atoms with Crippen molar-refractivity contribution < 1.29 is 28.6 Å². The summed E-state index contributed by atoms with van der Waals surface area (Å²) < 4.78 is 16.7. The molecule has 0 fully saturated rings. The fourth-order valence-electron chi connectivity index (χ4n) is 6.41. The number of allylic oxidation sites excluding steroid dienone is 20. The van der Waals surface area contributed by atoms with Crippen LogP contribution in [0.15, 0.2) is 122 Å². The molecule has 0 aromatic heterocycles. The Labute approximate surface area is 392 Å². The molecule has 64 heavy (non-hydrogen) atoms. The van der Waals surface area contributed by atoms with E-state index < -0.39 is 6.10 Å². The van der Waals surface area contributed by atoms with Crippen LogP contribution < -0.4 is 0 Å². The zero-order chi connectivity index (χ0) is 46.5. The molecular weight excluding hydrogens is 793 g/mol. The Morgan fingerprint density at radius 1 is 0.328 bits per heavy atom. The van der Waals surface area contributed by atoms with Crippen LogP contribution in [0.25, 0.3) is 0 Å². The van der Waals surface area contributed by atoms with E-state index in [9.17, 15) is 14.4 Å². The van der Waals surface area contributed by atoms with E-state index in [1.165, 1.54) is 25.7 Å². The van der Waals surface area contributed by atoms with Crippen molar-refractivity contribution in [2.75, 3.05) is 13.2 Å². The van der Waals surface area contributed by atoms with Crippen LogP contribution in [-0.4, -0.2) is 37.2 Å². The summed E-state index contributed by atoms with van der Waals surface area (Å²) in [7, 11) is 0. The number of esters is 3. The van der Waals surface area contributed by atoms with Crippen LogP contribution in [0.5, 0.6) is 0 Å². The zero-order valence-corrected chi connectivity index (χ0v) is 41.0. The number of carbonyl (C=O) groups excluding carboxylic acids is 3. The van der Waals surface area contributed by atoms with Crippen molar-refractivity contribution in [3.8, 4) is 0 Å². The van der Waals surface area contributed by atoms with Crippen molar-refractivity contribution in [1.82, 2.24) is 0 Å². The molecule has 0 aliphatic carbocycles. The number of carbonyl (C=O) groups is 3. The predicted molar refractivity (Wildman–Crippen MR) is 274 cm³/mol. The van der Waals surface area contributed by atoms with E-state index in [4.69, 9.17) is 14.2 Å². The molecule has 0 aliphatic rings. The van der Waals surface area contributed by atoms with Crippen molar-refractivity contribution in [1.29, 1.82) is 0 Å². The molecule has 0 spiro atoms. The fourth-order valence-corrected chi connectivity index (χ4v) is 6.41. The number of hydrogen-bond donors (Lipinski definition) is 0. The molecule has 0 rings (SSSR count). The molecule has 0 aromatic rings. The maximum absolute atomic E-state index is 12.8. The Bertz CT molecular complexity index is 1390. The van der Waals surface area contributed by atoms with Gasteiger partial charge in [0.2, 0.25) is 0 Å². The molecule has 0 N–H and O–H groups in total. The highest BCUT2D eigenvalue weighted by atomic mass is 16.6. The van der Waals surface area contributed by atoms with Crippen molar-refractivity contribution in [2.45, 2.75) is 213 Å². The molecule has 0 bridgehead atoms. The topological polar surface area (TPSA) is 78.9 Å². The second-order valence-corrected chi connectivity index (χ2v) is 16.3. The summed E-state index contributed by atoms with van der Waals surface area (Å²) in [6.45, 7) is 6.26. The minimum absolute atomic E-state index is 0.113. The van der Waals surface area contributed by atoms with Crippen LogP contribution in [0.2, 0.25) is 0 Å². The number of ether oxygens (including phenoxy) is 3. The molecule has 360 valence electrons. The SMILES string of the molecule is CC/C=C\C/C=C\C/C=C\C/C=C\C/C=C\CCCC(=O)OC(COC(=O)CCCCCCC/C=C\CCC)COC(=O)CCCCCCCC/C=C\C/C=C\C/C=C\C/C=C\CC. The first-order valence-corrected chi connectivity index (χ1v) is 25.5. The normalized spacial score (nSPS) is 13.1. The zero-order valence-electron chi connectivity index (χ0n) is 41.0. The molecular formula is C58H92O6. The Hall–Kier alpha value is -4.19. The minimum atomic E-state index is -0.819. The highest BCUT2D eigenvalue weighted by molar-refractivity contribution is 5.71. The Balaban J connectivity index is 4.49. The van der Waals surface area contributed by atoms with Gasteiger partial charge in [-0.05, 0) is 116 Å². The molecule has 6 heteroatoms. The number of rotatable bonds is 44. The second-order valence-electron chi connectivity index (χ2n) is 16.3. The summed E-state index contributed by atoms with van der Waals surface area (Å²) in [6.07, 6.45) is 70.5. The van der Waals surface area contributed by atoms with Gasteiger partial charge in [0.25, 0.3) is 0 Å². The van der Waals surface area contributed by atoms with Gasteiger partial charge < -0.3 is 14.2 Å². The summed E-state index contributed by atoms with van der Waals surface area (Å²) in [4.78, 5) is 37.9. The third-order valence-corrected chi connectivity index (χ3v) is 10.2. The first kappa shape index (κ1) is 59.8. The summed E-state index contributed by atoms with van der Waals surface area (Å²) in [5.41, 5.74) is 0. The molecule has 0 saturated carbocycles. The maximum atomic E-state index is 12.8. The largest absolute Gasteiger partial charge is 0.462 e. The lowest BCUT2D eigenvalue weighted by molar-refractivity contribution is -0.167. The Morgan fingerprint density at radius 2 is 0.625 bits per heavy atom. The average molecular weight is 885 g/mol. The third kappa shape index (κ3) is 48.8. The quantitative estimate of drug-likeness (QED) is 0.0262. The Kier molecular flexibility index (Phi) is 48.1. The van der Waals surface area contributed by atoms with Gasteiger partial charge in [-0.25, -0.2) is 0 Å². The van der Waals surface area contributed by atoms with Gasteiger partial charge in [-0.2, -0.15) is 0 Å². The smallest absolute Gasteiger partial charge is 0.306 e. The van der Waals surface area contributed by atoms with Crippen LogP contribution in [0.1, 0.15) is 207 Å².